The molecule has 7 heteroatoms. The van der Waals surface area contributed by atoms with Gasteiger partial charge < -0.3 is 9.79 Å². The van der Waals surface area contributed by atoms with Crippen molar-refractivity contribution in [1.82, 2.24) is 4.57 Å². The van der Waals surface area contributed by atoms with Crippen molar-refractivity contribution in [2.45, 2.75) is 13.5 Å². The van der Waals surface area contributed by atoms with Crippen molar-refractivity contribution in [2.24, 2.45) is 7.05 Å². The first-order valence-electron chi connectivity index (χ1n) is 4.01. The molecule has 14 heavy (non-hydrogen) atoms. The lowest BCUT2D eigenvalue weighted by molar-refractivity contribution is -0.693. The molecule has 1 aromatic rings. The third-order valence-corrected chi connectivity index (χ3v) is 1.90. The zero-order valence-corrected chi connectivity index (χ0v) is 9.39. The molecule has 0 fully saturated rings. The Morgan fingerprint density at radius 1 is 1.57 bits per heavy atom. The molecule has 0 saturated heterocycles. The van der Waals surface area contributed by atoms with E-state index >= 15 is 0 Å². The maximum absolute atomic E-state index is 9.47. The van der Waals surface area contributed by atoms with Crippen LogP contribution < -0.4 is 4.57 Å². The van der Waals surface area contributed by atoms with Crippen molar-refractivity contribution in [3.8, 4) is 0 Å². The molecule has 82 valence electrons. The molecule has 0 bridgehead atoms. The lowest BCUT2D eigenvalue weighted by Gasteiger charge is -1.93. The Labute approximate surface area is 83.0 Å². The van der Waals surface area contributed by atoms with Crippen LogP contribution in [-0.2, 0) is 22.7 Å². The minimum atomic E-state index is -4.15. The molecule has 0 saturated carbocycles. The van der Waals surface area contributed by atoms with Crippen LogP contribution in [0.5, 0.6) is 0 Å². The van der Waals surface area contributed by atoms with E-state index < -0.39 is 7.82 Å². The summed E-state index contributed by atoms with van der Waals surface area (Å²) in [5.74, 6) is 0. The number of imidazole rings is 1. The molecule has 1 heterocycles. The van der Waals surface area contributed by atoms with Crippen LogP contribution in [0.3, 0.4) is 0 Å². The molecule has 0 atom stereocenters. The van der Waals surface area contributed by atoms with Gasteiger partial charge in [-0.2, -0.15) is 0 Å². The van der Waals surface area contributed by atoms with E-state index in [0.29, 0.717) is 0 Å². The third-order valence-electron chi connectivity index (χ3n) is 1.43. The van der Waals surface area contributed by atoms with E-state index in [1.807, 2.05) is 17.8 Å². The van der Waals surface area contributed by atoms with Crippen LogP contribution in [0, 0.1) is 0 Å². The fraction of sp³-hybridized carbons (Fsp3) is 0.571. The first-order valence-corrected chi connectivity index (χ1v) is 5.54. The van der Waals surface area contributed by atoms with E-state index in [0.717, 1.165) is 13.7 Å². The molecule has 0 aromatic carbocycles. The first kappa shape index (κ1) is 13.3. The van der Waals surface area contributed by atoms with E-state index in [-0.39, 0.29) is 0 Å². The van der Waals surface area contributed by atoms with Gasteiger partial charge in [0.05, 0.1) is 13.6 Å². The van der Waals surface area contributed by atoms with Crippen molar-refractivity contribution < 1.29 is 23.4 Å². The Balaban J connectivity index is 0.000000255. The number of phosphoric ester groups is 1. The fourth-order valence-corrected chi connectivity index (χ4v) is 0.689. The van der Waals surface area contributed by atoms with Gasteiger partial charge >= 0.3 is 7.82 Å². The number of hydrogen-bond acceptors (Lipinski definition) is 2. The second kappa shape index (κ2) is 5.93. The monoisotopic (exact) mass is 223 g/mol. The summed E-state index contributed by atoms with van der Waals surface area (Å²) in [7, 11) is -1.18. The maximum Gasteiger partial charge on any atom is 0.469 e. The zero-order valence-electron chi connectivity index (χ0n) is 8.49. The lowest BCUT2D eigenvalue weighted by Crippen LogP contribution is -2.28. The Hall–Kier alpha value is -0.680. The summed E-state index contributed by atoms with van der Waals surface area (Å²) in [6.45, 7) is 3.18. The van der Waals surface area contributed by atoms with E-state index in [4.69, 9.17) is 9.79 Å². The van der Waals surface area contributed by atoms with Crippen LogP contribution in [-0.4, -0.2) is 21.5 Å². The second-order valence-electron chi connectivity index (χ2n) is 2.58. The van der Waals surface area contributed by atoms with Gasteiger partial charge in [0.25, 0.3) is 0 Å². The smallest absolute Gasteiger partial charge is 0.303 e. The first-order chi connectivity index (χ1) is 6.39. The Kier molecular flexibility index (Phi) is 5.64. The standard InChI is InChI=1S/C6H11N2.CH5O4P/c1-3-8-5-4-7(2)6-8;1-5-6(2,3)4/h4-6H,3H2,1-2H3;1H3,(H2,2,3,4)/q+1;. The minimum Gasteiger partial charge on any atom is -0.303 e. The van der Waals surface area contributed by atoms with Gasteiger partial charge in [-0.3, -0.25) is 4.52 Å². The lowest BCUT2D eigenvalue weighted by atomic mass is 10.7. The predicted octanol–water partition coefficient (Wildman–Crippen LogP) is 0.0580. The quantitative estimate of drug-likeness (QED) is 0.549. The molecule has 0 spiro atoms. The molecule has 2 N–H and O–H groups in total. The molecule has 0 radical (unpaired) electrons. The molecule has 0 aliphatic carbocycles. The van der Waals surface area contributed by atoms with Crippen LogP contribution in [0.2, 0.25) is 0 Å². The van der Waals surface area contributed by atoms with E-state index in [1.165, 1.54) is 0 Å². The predicted molar refractivity (Wildman–Crippen MR) is 50.3 cm³/mol. The average Bonchev–Trinajstić information content (AvgIpc) is 2.51. The third kappa shape index (κ3) is 6.80. The van der Waals surface area contributed by atoms with Gasteiger partial charge in [0, 0.05) is 7.11 Å². The molecule has 0 aliphatic rings. The van der Waals surface area contributed by atoms with Crippen LogP contribution >= 0.6 is 7.82 Å². The summed E-state index contributed by atoms with van der Waals surface area (Å²) < 4.78 is 17.2. The topological polar surface area (TPSA) is 75.6 Å². The molecule has 1 rings (SSSR count). The summed E-state index contributed by atoms with van der Waals surface area (Å²) in [4.78, 5) is 15.4. The molecule has 1 aromatic heterocycles. The van der Waals surface area contributed by atoms with Crippen LogP contribution in [0.25, 0.3) is 0 Å². The normalized spacial score (nSPS) is 10.6. The molecular weight excluding hydrogens is 207 g/mol. The van der Waals surface area contributed by atoms with Crippen LogP contribution in [0.1, 0.15) is 6.92 Å². The number of hydrogen-bond donors (Lipinski definition) is 2. The summed E-state index contributed by atoms with van der Waals surface area (Å²) in [6.07, 6.45) is 6.14. The van der Waals surface area contributed by atoms with Crippen molar-refractivity contribution >= 4 is 7.82 Å². The van der Waals surface area contributed by atoms with Crippen molar-refractivity contribution in [3.05, 3.63) is 18.7 Å². The van der Waals surface area contributed by atoms with Gasteiger partial charge in [0.1, 0.15) is 12.4 Å². The van der Waals surface area contributed by atoms with Gasteiger partial charge in [-0.05, 0) is 6.92 Å². The highest BCUT2D eigenvalue weighted by atomic mass is 31.2. The van der Waals surface area contributed by atoms with Crippen molar-refractivity contribution in [3.63, 3.8) is 0 Å². The van der Waals surface area contributed by atoms with Gasteiger partial charge in [-0.25, -0.2) is 13.7 Å². The Morgan fingerprint density at radius 3 is 2.21 bits per heavy atom. The van der Waals surface area contributed by atoms with Crippen molar-refractivity contribution in [2.75, 3.05) is 7.11 Å². The average molecular weight is 223 g/mol. The Morgan fingerprint density at radius 2 is 2.07 bits per heavy atom. The van der Waals surface area contributed by atoms with E-state index in [1.54, 1.807) is 0 Å². The van der Waals surface area contributed by atoms with Crippen molar-refractivity contribution in [1.29, 1.82) is 0 Å². The highest BCUT2D eigenvalue weighted by molar-refractivity contribution is 7.46. The van der Waals surface area contributed by atoms with E-state index in [9.17, 15) is 4.57 Å². The SMILES string of the molecule is CC[n+]1ccn(C)c1.COP(=O)(O)O. The van der Waals surface area contributed by atoms with Gasteiger partial charge in [0.2, 0.25) is 6.33 Å². The highest BCUT2D eigenvalue weighted by Gasteiger charge is 2.07. The second-order valence-corrected chi connectivity index (χ2v) is 3.93. The summed E-state index contributed by atoms with van der Waals surface area (Å²) in [5, 5.41) is 0. The highest BCUT2D eigenvalue weighted by Crippen LogP contribution is 2.33. The summed E-state index contributed by atoms with van der Waals surface area (Å²) >= 11 is 0. The number of rotatable bonds is 2. The molecule has 0 aliphatic heterocycles. The van der Waals surface area contributed by atoms with E-state index in [2.05, 4.69) is 28.5 Å². The van der Waals surface area contributed by atoms with Gasteiger partial charge in [-0.1, -0.05) is 0 Å². The zero-order chi connectivity index (χ0) is 11.2. The number of phosphoric acid groups is 1. The largest absolute Gasteiger partial charge is 0.469 e. The molecule has 0 unspecified atom stereocenters. The summed E-state index contributed by atoms with van der Waals surface area (Å²) in [5.41, 5.74) is 0. The van der Waals surface area contributed by atoms with Crippen LogP contribution in [0.15, 0.2) is 18.7 Å². The minimum absolute atomic E-state index is 0.945. The van der Waals surface area contributed by atoms with Crippen LogP contribution in [0.4, 0.5) is 0 Å². The number of aryl methyl sites for hydroxylation is 2. The fourth-order valence-electron chi connectivity index (χ4n) is 0.689. The maximum atomic E-state index is 9.47. The number of nitrogens with zero attached hydrogens (tertiary/aromatic N) is 2. The molecular formula is C7H16N2O4P+. The Bertz CT molecular complexity index is 306. The number of aromatic nitrogens is 2. The molecule has 6 nitrogen and oxygen atoms in total. The molecule has 0 amide bonds. The summed E-state index contributed by atoms with van der Waals surface area (Å²) in [6, 6.07) is 0. The van der Waals surface area contributed by atoms with Gasteiger partial charge in [0.15, 0.2) is 0 Å². The van der Waals surface area contributed by atoms with Gasteiger partial charge in [-0.15, -0.1) is 0 Å².